The van der Waals surface area contributed by atoms with Gasteiger partial charge in [0.15, 0.2) is 0 Å². The van der Waals surface area contributed by atoms with Crippen molar-refractivity contribution in [2.24, 2.45) is 11.5 Å². The van der Waals surface area contributed by atoms with Crippen molar-refractivity contribution in [2.75, 3.05) is 6.54 Å². The minimum atomic E-state index is -0.692. The Morgan fingerprint density at radius 3 is 2.50 bits per heavy atom. The summed E-state index contributed by atoms with van der Waals surface area (Å²) in [4.78, 5) is 23.8. The van der Waals surface area contributed by atoms with Crippen molar-refractivity contribution >= 4 is 35.0 Å². The Bertz CT molecular complexity index is 765. The summed E-state index contributed by atoms with van der Waals surface area (Å²) in [6.07, 6.45) is 0.544. The van der Waals surface area contributed by atoms with Gasteiger partial charge in [-0.2, -0.15) is 0 Å². The van der Waals surface area contributed by atoms with Gasteiger partial charge in [0.1, 0.15) is 0 Å². The third-order valence-electron chi connectivity index (χ3n) is 3.51. The molecule has 2 aromatic rings. The number of primary amides is 1. The fourth-order valence-corrected chi connectivity index (χ4v) is 2.72. The molecule has 0 radical (unpaired) electrons. The summed E-state index contributed by atoms with van der Waals surface area (Å²) in [5, 5.41) is 3.67. The van der Waals surface area contributed by atoms with Crippen LogP contribution in [0.3, 0.4) is 0 Å². The molecule has 5 nitrogen and oxygen atoms in total. The summed E-state index contributed by atoms with van der Waals surface area (Å²) >= 11 is 11.9. The van der Waals surface area contributed by atoms with Crippen LogP contribution in [0.25, 0.3) is 0 Å². The van der Waals surface area contributed by atoms with E-state index in [-0.39, 0.29) is 28.1 Å². The van der Waals surface area contributed by atoms with Crippen LogP contribution >= 0.6 is 23.2 Å². The molecule has 2 rings (SSSR count). The number of hydrogen-bond acceptors (Lipinski definition) is 3. The molecule has 126 valence electrons. The van der Waals surface area contributed by atoms with Crippen molar-refractivity contribution in [3.8, 4) is 0 Å². The Morgan fingerprint density at radius 2 is 1.88 bits per heavy atom. The predicted octanol–water partition coefficient (Wildman–Crippen LogP) is 2.91. The molecule has 0 aliphatic heterocycles. The third-order valence-corrected chi connectivity index (χ3v) is 4.07. The molecule has 24 heavy (non-hydrogen) atoms. The minimum absolute atomic E-state index is 0.0995. The van der Waals surface area contributed by atoms with E-state index in [1.54, 1.807) is 18.2 Å². The summed E-state index contributed by atoms with van der Waals surface area (Å²) < 4.78 is 0. The van der Waals surface area contributed by atoms with Crippen molar-refractivity contribution in [3.05, 3.63) is 69.2 Å². The number of carbonyl (C=O) groups is 2. The maximum absolute atomic E-state index is 12.5. The first-order valence-electron chi connectivity index (χ1n) is 7.28. The van der Waals surface area contributed by atoms with Gasteiger partial charge in [0.2, 0.25) is 5.91 Å². The van der Waals surface area contributed by atoms with E-state index in [0.717, 1.165) is 5.56 Å². The van der Waals surface area contributed by atoms with E-state index in [0.29, 0.717) is 18.0 Å². The average molecular weight is 366 g/mol. The molecule has 1 atom stereocenters. The molecular weight excluding hydrogens is 349 g/mol. The molecule has 0 aliphatic rings. The highest BCUT2D eigenvalue weighted by molar-refractivity contribution is 6.34. The summed E-state index contributed by atoms with van der Waals surface area (Å²) in [5.74, 6) is -1.05. The van der Waals surface area contributed by atoms with Crippen molar-refractivity contribution in [1.82, 2.24) is 5.32 Å². The SMILES string of the molecule is NCC[C@H](NC(=O)c1ccc(Cl)c(C(N)=O)c1)c1cccc(Cl)c1. The summed E-state index contributed by atoms with van der Waals surface area (Å²) in [6.45, 7) is 0.393. The highest BCUT2D eigenvalue weighted by Gasteiger charge is 2.17. The number of nitrogens with one attached hydrogen (secondary N) is 1. The Morgan fingerprint density at radius 1 is 1.12 bits per heavy atom. The fourth-order valence-electron chi connectivity index (χ4n) is 2.31. The van der Waals surface area contributed by atoms with E-state index in [1.165, 1.54) is 18.2 Å². The number of nitrogens with two attached hydrogens (primary N) is 2. The Hall–Kier alpha value is -2.08. The molecule has 0 aromatic heterocycles. The van der Waals surface area contributed by atoms with Crippen LogP contribution in [-0.4, -0.2) is 18.4 Å². The van der Waals surface area contributed by atoms with E-state index in [4.69, 9.17) is 34.7 Å². The summed E-state index contributed by atoms with van der Waals surface area (Å²) in [6, 6.07) is 11.3. The van der Waals surface area contributed by atoms with Crippen molar-refractivity contribution in [2.45, 2.75) is 12.5 Å². The molecule has 0 saturated heterocycles. The van der Waals surface area contributed by atoms with Gasteiger partial charge in [-0.05, 0) is 48.9 Å². The van der Waals surface area contributed by atoms with Gasteiger partial charge in [-0.25, -0.2) is 0 Å². The predicted molar refractivity (Wildman–Crippen MR) is 95.3 cm³/mol. The van der Waals surface area contributed by atoms with Crippen LogP contribution in [0.2, 0.25) is 10.0 Å². The smallest absolute Gasteiger partial charge is 0.251 e. The molecule has 0 fully saturated rings. The zero-order chi connectivity index (χ0) is 17.7. The Kier molecular flexibility index (Phi) is 6.20. The molecule has 0 aliphatic carbocycles. The first-order valence-corrected chi connectivity index (χ1v) is 8.03. The number of rotatable bonds is 6. The quantitative estimate of drug-likeness (QED) is 0.733. The van der Waals surface area contributed by atoms with Gasteiger partial charge in [-0.15, -0.1) is 0 Å². The fraction of sp³-hybridized carbons (Fsp3) is 0.176. The van der Waals surface area contributed by atoms with E-state index < -0.39 is 5.91 Å². The number of amides is 2. The molecule has 5 N–H and O–H groups in total. The van der Waals surface area contributed by atoms with Crippen LogP contribution in [0.1, 0.15) is 38.7 Å². The average Bonchev–Trinajstić information content (AvgIpc) is 2.54. The normalized spacial score (nSPS) is 11.8. The zero-order valence-corrected chi connectivity index (χ0v) is 14.3. The van der Waals surface area contributed by atoms with E-state index in [1.807, 2.05) is 6.07 Å². The van der Waals surface area contributed by atoms with Crippen LogP contribution in [-0.2, 0) is 0 Å². The van der Waals surface area contributed by atoms with E-state index in [2.05, 4.69) is 5.32 Å². The number of benzene rings is 2. The lowest BCUT2D eigenvalue weighted by Crippen LogP contribution is -2.30. The first kappa shape index (κ1) is 18.3. The second-order valence-electron chi connectivity index (χ2n) is 5.22. The Balaban J connectivity index is 2.25. The van der Waals surface area contributed by atoms with Gasteiger partial charge < -0.3 is 16.8 Å². The van der Waals surface area contributed by atoms with Crippen LogP contribution in [0.5, 0.6) is 0 Å². The van der Waals surface area contributed by atoms with E-state index in [9.17, 15) is 9.59 Å². The standard InChI is InChI=1S/C17H17Cl2N3O2/c18-12-3-1-2-10(8-12)15(6-7-20)22-17(24)11-4-5-14(19)13(9-11)16(21)23/h1-5,8-9,15H,6-7,20H2,(H2,21,23)(H,22,24)/t15-/m0/s1. The zero-order valence-electron chi connectivity index (χ0n) is 12.8. The Labute approximate surface area is 149 Å². The van der Waals surface area contributed by atoms with Gasteiger partial charge in [0.25, 0.3) is 5.91 Å². The highest BCUT2D eigenvalue weighted by atomic mass is 35.5. The molecule has 7 heteroatoms. The largest absolute Gasteiger partial charge is 0.366 e. The topological polar surface area (TPSA) is 98.2 Å². The second kappa shape index (κ2) is 8.15. The number of carbonyl (C=O) groups excluding carboxylic acids is 2. The van der Waals surface area contributed by atoms with Crippen LogP contribution in [0, 0.1) is 0 Å². The molecule has 2 aromatic carbocycles. The lowest BCUT2D eigenvalue weighted by atomic mass is 10.0. The van der Waals surface area contributed by atoms with Crippen LogP contribution in [0.15, 0.2) is 42.5 Å². The monoisotopic (exact) mass is 365 g/mol. The minimum Gasteiger partial charge on any atom is -0.366 e. The van der Waals surface area contributed by atoms with Gasteiger partial charge in [-0.3, -0.25) is 9.59 Å². The molecule has 0 saturated carbocycles. The first-order chi connectivity index (χ1) is 11.4. The van der Waals surface area contributed by atoms with Crippen molar-refractivity contribution in [3.63, 3.8) is 0 Å². The van der Waals surface area contributed by atoms with Crippen molar-refractivity contribution < 1.29 is 9.59 Å². The van der Waals surface area contributed by atoms with Crippen LogP contribution < -0.4 is 16.8 Å². The van der Waals surface area contributed by atoms with E-state index >= 15 is 0 Å². The van der Waals surface area contributed by atoms with Crippen molar-refractivity contribution in [1.29, 1.82) is 0 Å². The second-order valence-corrected chi connectivity index (χ2v) is 6.06. The molecule has 0 bridgehead atoms. The lowest BCUT2D eigenvalue weighted by Gasteiger charge is -2.19. The van der Waals surface area contributed by atoms with Gasteiger partial charge in [0, 0.05) is 10.6 Å². The molecule has 2 amide bonds. The maximum Gasteiger partial charge on any atom is 0.251 e. The molecule has 0 heterocycles. The van der Waals surface area contributed by atoms with Gasteiger partial charge in [-0.1, -0.05) is 35.3 Å². The summed E-state index contributed by atoms with van der Waals surface area (Å²) in [7, 11) is 0. The maximum atomic E-state index is 12.5. The third kappa shape index (κ3) is 4.47. The number of halogens is 2. The van der Waals surface area contributed by atoms with Crippen LogP contribution in [0.4, 0.5) is 0 Å². The lowest BCUT2D eigenvalue weighted by molar-refractivity contribution is 0.0935. The molecule has 0 spiro atoms. The van der Waals surface area contributed by atoms with Gasteiger partial charge in [0.05, 0.1) is 16.6 Å². The highest BCUT2D eigenvalue weighted by Crippen LogP contribution is 2.22. The van der Waals surface area contributed by atoms with Gasteiger partial charge >= 0.3 is 0 Å². The molecule has 0 unspecified atom stereocenters. The molecular formula is C17H17Cl2N3O2. The number of hydrogen-bond donors (Lipinski definition) is 3. The summed E-state index contributed by atoms with van der Waals surface area (Å²) in [5.41, 5.74) is 12.1.